The molecule has 0 aliphatic rings. The van der Waals surface area contributed by atoms with Gasteiger partial charge in [-0.05, 0) is 73.1 Å². The zero-order valence-electron chi connectivity index (χ0n) is 16.6. The van der Waals surface area contributed by atoms with Gasteiger partial charge in [-0.3, -0.25) is 0 Å². The first-order valence-corrected chi connectivity index (χ1v) is 9.95. The van der Waals surface area contributed by atoms with E-state index in [0.29, 0.717) is 0 Å². The van der Waals surface area contributed by atoms with E-state index in [-0.39, 0.29) is 0 Å². The Kier molecular flexibility index (Phi) is 4.07. The van der Waals surface area contributed by atoms with Crippen LogP contribution in [0.1, 0.15) is 11.1 Å². The van der Waals surface area contributed by atoms with Crippen molar-refractivity contribution >= 4 is 37.9 Å². The number of aryl methyl sites for hydroxylation is 1. The third kappa shape index (κ3) is 2.61. The maximum atomic E-state index is 4.07. The quantitative estimate of drug-likeness (QED) is 0.220. The van der Waals surface area contributed by atoms with Crippen LogP contribution in [-0.4, -0.2) is 0 Å². The summed E-state index contributed by atoms with van der Waals surface area (Å²) in [4.78, 5) is 0. The summed E-state index contributed by atoms with van der Waals surface area (Å²) in [5.74, 6) is 0. The fraction of sp³-hybridized carbons (Fsp3) is 0.0345. The standard InChI is InChI=1S/C29H22/c1-4-9-20(5-2)26-18-27(21-10-7-6-8-11-21)24-15-14-22-13-12-19(3)23-16-17-25(26)29(24)28(22)23/h4-18H,1-2H2,3H3/b20-9+. The fourth-order valence-corrected chi connectivity index (χ4v) is 4.53. The monoisotopic (exact) mass is 370 g/mol. The number of hydrogen-bond donors (Lipinski definition) is 0. The highest BCUT2D eigenvalue weighted by atomic mass is 14.2. The van der Waals surface area contributed by atoms with Gasteiger partial charge in [0.2, 0.25) is 0 Å². The molecule has 0 saturated heterocycles. The zero-order valence-corrected chi connectivity index (χ0v) is 16.6. The van der Waals surface area contributed by atoms with Crippen molar-refractivity contribution < 1.29 is 0 Å². The van der Waals surface area contributed by atoms with Crippen molar-refractivity contribution in [2.45, 2.75) is 6.92 Å². The molecule has 5 rings (SSSR count). The van der Waals surface area contributed by atoms with Crippen LogP contribution in [0.25, 0.3) is 49.0 Å². The molecule has 138 valence electrons. The lowest BCUT2D eigenvalue weighted by Crippen LogP contribution is -1.93. The van der Waals surface area contributed by atoms with Crippen LogP contribution in [0.15, 0.2) is 104 Å². The van der Waals surface area contributed by atoms with Crippen molar-refractivity contribution in [3.8, 4) is 11.1 Å². The minimum Gasteiger partial charge on any atom is -0.0990 e. The van der Waals surface area contributed by atoms with Crippen LogP contribution in [0.3, 0.4) is 0 Å². The van der Waals surface area contributed by atoms with Gasteiger partial charge >= 0.3 is 0 Å². The Morgan fingerprint density at radius 3 is 2.24 bits per heavy atom. The first-order valence-electron chi connectivity index (χ1n) is 9.95. The molecule has 0 atom stereocenters. The van der Waals surface area contributed by atoms with E-state index in [4.69, 9.17) is 0 Å². The van der Waals surface area contributed by atoms with Crippen LogP contribution in [0.2, 0.25) is 0 Å². The van der Waals surface area contributed by atoms with Gasteiger partial charge in [-0.15, -0.1) is 0 Å². The summed E-state index contributed by atoms with van der Waals surface area (Å²) in [6.07, 6.45) is 5.80. The highest BCUT2D eigenvalue weighted by molar-refractivity contribution is 6.27. The molecule has 0 spiro atoms. The molecule has 0 saturated carbocycles. The van der Waals surface area contributed by atoms with Crippen LogP contribution < -0.4 is 0 Å². The highest BCUT2D eigenvalue weighted by Crippen LogP contribution is 2.43. The Bertz CT molecular complexity index is 1420. The van der Waals surface area contributed by atoms with E-state index in [9.17, 15) is 0 Å². The van der Waals surface area contributed by atoms with Gasteiger partial charge < -0.3 is 0 Å². The van der Waals surface area contributed by atoms with Gasteiger partial charge in [0.25, 0.3) is 0 Å². The Morgan fingerprint density at radius 1 is 0.759 bits per heavy atom. The molecular formula is C29H22. The van der Waals surface area contributed by atoms with Crippen molar-refractivity contribution in [1.82, 2.24) is 0 Å². The molecule has 0 nitrogen and oxygen atoms in total. The van der Waals surface area contributed by atoms with Gasteiger partial charge in [-0.25, -0.2) is 0 Å². The molecule has 5 aromatic carbocycles. The van der Waals surface area contributed by atoms with E-state index in [2.05, 4.69) is 92.9 Å². The summed E-state index contributed by atoms with van der Waals surface area (Å²) in [6, 6.07) is 26.5. The molecule has 0 fully saturated rings. The molecule has 0 aromatic heterocycles. The fourth-order valence-electron chi connectivity index (χ4n) is 4.53. The first kappa shape index (κ1) is 17.5. The Hall–Kier alpha value is -3.64. The van der Waals surface area contributed by atoms with Crippen LogP contribution in [0.5, 0.6) is 0 Å². The van der Waals surface area contributed by atoms with Crippen molar-refractivity contribution in [3.05, 3.63) is 115 Å². The maximum Gasteiger partial charge on any atom is -0.00142 e. The predicted molar refractivity (Wildman–Crippen MR) is 129 cm³/mol. The average Bonchev–Trinajstić information content (AvgIpc) is 2.77. The van der Waals surface area contributed by atoms with Crippen LogP contribution in [0, 0.1) is 6.92 Å². The topological polar surface area (TPSA) is 0 Å². The molecule has 0 heteroatoms. The molecule has 29 heavy (non-hydrogen) atoms. The van der Waals surface area contributed by atoms with Gasteiger partial charge in [-0.1, -0.05) is 98.1 Å². The number of benzene rings is 5. The van der Waals surface area contributed by atoms with E-state index in [1.165, 1.54) is 54.6 Å². The number of hydrogen-bond acceptors (Lipinski definition) is 0. The van der Waals surface area contributed by atoms with Gasteiger partial charge in [0.05, 0.1) is 0 Å². The second kappa shape index (κ2) is 6.76. The molecule has 0 bridgehead atoms. The Labute approximate surface area is 171 Å². The second-order valence-electron chi connectivity index (χ2n) is 7.53. The SMILES string of the molecule is C=C/C=C(\C=C)c1cc(-c2ccccc2)c2ccc3ccc(C)c4ccc1c2c34. The van der Waals surface area contributed by atoms with Crippen molar-refractivity contribution in [2.75, 3.05) is 0 Å². The van der Waals surface area contributed by atoms with E-state index < -0.39 is 0 Å². The summed E-state index contributed by atoms with van der Waals surface area (Å²) >= 11 is 0. The molecular weight excluding hydrogens is 348 g/mol. The van der Waals surface area contributed by atoms with Crippen LogP contribution in [0.4, 0.5) is 0 Å². The zero-order chi connectivity index (χ0) is 20.0. The third-order valence-electron chi connectivity index (χ3n) is 5.91. The van der Waals surface area contributed by atoms with E-state index in [0.717, 1.165) is 5.57 Å². The summed E-state index contributed by atoms with van der Waals surface area (Å²) < 4.78 is 0. The maximum absolute atomic E-state index is 4.07. The molecule has 0 unspecified atom stereocenters. The van der Waals surface area contributed by atoms with E-state index in [1.54, 1.807) is 0 Å². The largest absolute Gasteiger partial charge is 0.0990 e. The average molecular weight is 370 g/mol. The summed E-state index contributed by atoms with van der Waals surface area (Å²) in [6.45, 7) is 10.2. The van der Waals surface area contributed by atoms with Gasteiger partial charge in [0.1, 0.15) is 0 Å². The molecule has 0 aliphatic carbocycles. The molecule has 0 radical (unpaired) electrons. The predicted octanol–water partition coefficient (Wildman–Crippen LogP) is 8.31. The van der Waals surface area contributed by atoms with Crippen LogP contribution >= 0.6 is 0 Å². The van der Waals surface area contributed by atoms with Gasteiger partial charge in [-0.2, -0.15) is 0 Å². The second-order valence-corrected chi connectivity index (χ2v) is 7.53. The first-order chi connectivity index (χ1) is 14.2. The smallest absolute Gasteiger partial charge is 0.00142 e. The van der Waals surface area contributed by atoms with Crippen molar-refractivity contribution in [2.24, 2.45) is 0 Å². The molecule has 0 N–H and O–H groups in total. The molecule has 0 aliphatic heterocycles. The Morgan fingerprint density at radius 2 is 1.48 bits per heavy atom. The Balaban J connectivity index is 2.05. The summed E-state index contributed by atoms with van der Waals surface area (Å²) in [5.41, 5.74) is 6.07. The van der Waals surface area contributed by atoms with Crippen LogP contribution in [-0.2, 0) is 0 Å². The lowest BCUT2D eigenvalue weighted by molar-refractivity contribution is 1.55. The number of allylic oxidation sites excluding steroid dienone is 4. The van der Waals surface area contributed by atoms with Crippen molar-refractivity contribution in [1.29, 1.82) is 0 Å². The van der Waals surface area contributed by atoms with Crippen molar-refractivity contribution in [3.63, 3.8) is 0 Å². The number of rotatable bonds is 4. The highest BCUT2D eigenvalue weighted by Gasteiger charge is 2.17. The molecule has 5 aromatic rings. The molecule has 0 heterocycles. The minimum absolute atomic E-state index is 1.09. The lowest BCUT2D eigenvalue weighted by atomic mass is 9.84. The summed E-state index contributed by atoms with van der Waals surface area (Å²) in [5, 5.41) is 7.84. The van der Waals surface area contributed by atoms with Gasteiger partial charge in [0.15, 0.2) is 0 Å². The normalized spacial score (nSPS) is 12.1. The molecule has 0 amide bonds. The minimum atomic E-state index is 1.09. The van der Waals surface area contributed by atoms with E-state index >= 15 is 0 Å². The van der Waals surface area contributed by atoms with Gasteiger partial charge in [0, 0.05) is 0 Å². The summed E-state index contributed by atoms with van der Waals surface area (Å²) in [7, 11) is 0. The third-order valence-corrected chi connectivity index (χ3v) is 5.91. The lowest BCUT2D eigenvalue weighted by Gasteiger charge is -2.19. The van der Waals surface area contributed by atoms with E-state index in [1.807, 2.05) is 18.2 Å².